The van der Waals surface area contributed by atoms with Crippen molar-refractivity contribution in [3.8, 4) is 0 Å². The number of ether oxygens (including phenoxy) is 1. The second-order valence-corrected chi connectivity index (χ2v) is 5.28. The monoisotopic (exact) mass is 318 g/mol. The molecule has 0 saturated carbocycles. The largest absolute Gasteiger partial charge is 0.381 e. The van der Waals surface area contributed by atoms with Gasteiger partial charge < -0.3 is 15.8 Å². The van der Waals surface area contributed by atoms with Gasteiger partial charge in [0.05, 0.1) is 6.04 Å². The molecule has 6 heteroatoms. The van der Waals surface area contributed by atoms with Crippen molar-refractivity contribution in [3.05, 3.63) is 28.8 Å². The van der Waals surface area contributed by atoms with Gasteiger partial charge in [0, 0.05) is 23.9 Å². The van der Waals surface area contributed by atoms with Crippen LogP contribution in [-0.2, 0) is 9.53 Å². The number of rotatable bonds is 3. The summed E-state index contributed by atoms with van der Waals surface area (Å²) in [6.07, 6.45) is 1.67. The van der Waals surface area contributed by atoms with Crippen molar-refractivity contribution in [1.82, 2.24) is 0 Å². The van der Waals surface area contributed by atoms with E-state index in [2.05, 4.69) is 5.32 Å². The molecule has 0 radical (unpaired) electrons. The van der Waals surface area contributed by atoms with E-state index in [1.807, 2.05) is 19.1 Å². The summed E-state index contributed by atoms with van der Waals surface area (Å²) in [4.78, 5) is 12.2. The van der Waals surface area contributed by atoms with E-state index >= 15 is 0 Å². The molecule has 1 unspecified atom stereocenters. The lowest BCUT2D eigenvalue weighted by Crippen LogP contribution is -2.44. The van der Waals surface area contributed by atoms with Gasteiger partial charge in [-0.15, -0.1) is 12.4 Å². The number of carbonyl (C=O) groups excluding carboxylic acids is 1. The molecule has 0 aromatic heterocycles. The zero-order valence-electron chi connectivity index (χ0n) is 11.4. The van der Waals surface area contributed by atoms with Crippen LogP contribution >= 0.6 is 24.0 Å². The first-order valence-electron chi connectivity index (χ1n) is 6.49. The van der Waals surface area contributed by atoms with Crippen LogP contribution in [0.25, 0.3) is 0 Å². The number of hydrogen-bond acceptors (Lipinski definition) is 3. The van der Waals surface area contributed by atoms with E-state index in [0.717, 1.165) is 24.1 Å². The first-order chi connectivity index (χ1) is 9.09. The molecule has 112 valence electrons. The first kappa shape index (κ1) is 17.2. The Hall–Kier alpha value is -0.810. The predicted octanol–water partition coefficient (Wildman–Crippen LogP) is 2.76. The summed E-state index contributed by atoms with van der Waals surface area (Å²) in [6.45, 7) is 3.24. The van der Waals surface area contributed by atoms with Crippen molar-refractivity contribution >= 4 is 35.6 Å². The number of nitrogens with one attached hydrogen (secondary N) is 1. The van der Waals surface area contributed by atoms with Crippen LogP contribution in [0.4, 0.5) is 5.69 Å². The molecule has 20 heavy (non-hydrogen) atoms. The smallest absolute Gasteiger partial charge is 0.241 e. The average Bonchev–Trinajstić information content (AvgIpc) is 2.44. The molecule has 0 spiro atoms. The molecule has 1 fully saturated rings. The van der Waals surface area contributed by atoms with E-state index in [1.165, 1.54) is 0 Å². The van der Waals surface area contributed by atoms with E-state index in [1.54, 1.807) is 6.07 Å². The van der Waals surface area contributed by atoms with Crippen LogP contribution in [0.15, 0.2) is 18.2 Å². The summed E-state index contributed by atoms with van der Waals surface area (Å²) in [6, 6.07) is 4.94. The van der Waals surface area contributed by atoms with Crippen LogP contribution in [0.2, 0.25) is 5.02 Å². The van der Waals surface area contributed by atoms with E-state index in [-0.39, 0.29) is 24.2 Å². The molecule has 1 amide bonds. The first-order valence-corrected chi connectivity index (χ1v) is 6.86. The molecule has 4 nitrogen and oxygen atoms in total. The van der Waals surface area contributed by atoms with Gasteiger partial charge >= 0.3 is 0 Å². The molecule has 1 heterocycles. The third-order valence-electron chi connectivity index (χ3n) is 3.60. The molecule has 1 atom stereocenters. The molecule has 2 rings (SSSR count). The van der Waals surface area contributed by atoms with Crippen LogP contribution in [0.3, 0.4) is 0 Å². The summed E-state index contributed by atoms with van der Waals surface area (Å²) in [7, 11) is 0. The van der Waals surface area contributed by atoms with Crippen LogP contribution in [0, 0.1) is 12.8 Å². The van der Waals surface area contributed by atoms with Gasteiger partial charge in [0.2, 0.25) is 5.91 Å². The minimum absolute atomic E-state index is 0. The van der Waals surface area contributed by atoms with E-state index in [9.17, 15) is 4.79 Å². The van der Waals surface area contributed by atoms with Gasteiger partial charge in [0.1, 0.15) is 0 Å². The highest BCUT2D eigenvalue weighted by Gasteiger charge is 2.26. The molecular weight excluding hydrogens is 299 g/mol. The molecule has 1 aromatic carbocycles. The summed E-state index contributed by atoms with van der Waals surface area (Å²) in [5.74, 6) is 0.0329. The third-order valence-corrected chi connectivity index (χ3v) is 4.01. The summed E-state index contributed by atoms with van der Waals surface area (Å²) in [5.41, 5.74) is 7.61. The molecular formula is C14H20Cl2N2O2. The van der Waals surface area contributed by atoms with Crippen LogP contribution in [0.1, 0.15) is 18.4 Å². The Labute approximate surface area is 130 Å². The highest BCUT2D eigenvalue weighted by molar-refractivity contribution is 6.31. The van der Waals surface area contributed by atoms with Crippen molar-refractivity contribution in [2.24, 2.45) is 11.7 Å². The Morgan fingerprint density at radius 2 is 2.10 bits per heavy atom. The maximum absolute atomic E-state index is 12.2. The zero-order valence-corrected chi connectivity index (χ0v) is 13.0. The second-order valence-electron chi connectivity index (χ2n) is 4.88. The summed E-state index contributed by atoms with van der Waals surface area (Å²) >= 11 is 6.03. The van der Waals surface area contributed by atoms with Gasteiger partial charge in [-0.1, -0.05) is 17.7 Å². The molecule has 3 N–H and O–H groups in total. The fourth-order valence-electron chi connectivity index (χ4n) is 2.25. The van der Waals surface area contributed by atoms with Gasteiger partial charge in [-0.05, 0) is 43.4 Å². The van der Waals surface area contributed by atoms with E-state index < -0.39 is 6.04 Å². The number of anilines is 1. The maximum Gasteiger partial charge on any atom is 0.241 e. The third kappa shape index (κ3) is 4.09. The number of benzene rings is 1. The van der Waals surface area contributed by atoms with Gasteiger partial charge in [0.15, 0.2) is 0 Å². The van der Waals surface area contributed by atoms with E-state index in [0.29, 0.717) is 18.2 Å². The SMILES string of the molecule is Cc1c(Cl)cccc1NC(=O)C(N)C1CCOCC1.Cl. The highest BCUT2D eigenvalue weighted by atomic mass is 35.5. The van der Waals surface area contributed by atoms with Gasteiger partial charge in [-0.3, -0.25) is 4.79 Å². The van der Waals surface area contributed by atoms with Crippen molar-refractivity contribution in [3.63, 3.8) is 0 Å². The van der Waals surface area contributed by atoms with Gasteiger partial charge in [-0.2, -0.15) is 0 Å². The minimum Gasteiger partial charge on any atom is -0.381 e. The van der Waals surface area contributed by atoms with Crippen molar-refractivity contribution < 1.29 is 9.53 Å². The lowest BCUT2D eigenvalue weighted by Gasteiger charge is -2.27. The fraction of sp³-hybridized carbons (Fsp3) is 0.500. The number of nitrogens with two attached hydrogens (primary N) is 1. The molecule has 1 saturated heterocycles. The highest BCUT2D eigenvalue weighted by Crippen LogP contribution is 2.24. The molecule has 0 bridgehead atoms. The number of halogens is 2. The van der Waals surface area contributed by atoms with Crippen molar-refractivity contribution in [2.75, 3.05) is 18.5 Å². The Kier molecular flexibility index (Phi) is 6.76. The lowest BCUT2D eigenvalue weighted by molar-refractivity contribution is -0.119. The zero-order chi connectivity index (χ0) is 13.8. The normalized spacial score (nSPS) is 17.1. The Morgan fingerprint density at radius 1 is 1.45 bits per heavy atom. The standard InChI is InChI=1S/C14H19ClN2O2.ClH/c1-9-11(15)3-2-4-12(9)17-14(18)13(16)10-5-7-19-8-6-10;/h2-4,10,13H,5-8,16H2,1H3,(H,17,18);1H. The van der Waals surface area contributed by atoms with Crippen LogP contribution < -0.4 is 11.1 Å². The van der Waals surface area contributed by atoms with E-state index in [4.69, 9.17) is 22.1 Å². The Balaban J connectivity index is 0.00000200. The number of hydrogen-bond donors (Lipinski definition) is 2. The number of carbonyl (C=O) groups is 1. The summed E-state index contributed by atoms with van der Waals surface area (Å²) < 4.78 is 5.28. The topological polar surface area (TPSA) is 64.4 Å². The molecule has 0 aliphatic carbocycles. The average molecular weight is 319 g/mol. The predicted molar refractivity (Wildman–Crippen MR) is 83.6 cm³/mol. The number of amides is 1. The van der Waals surface area contributed by atoms with Crippen molar-refractivity contribution in [2.45, 2.75) is 25.8 Å². The van der Waals surface area contributed by atoms with Crippen LogP contribution in [-0.4, -0.2) is 25.2 Å². The summed E-state index contributed by atoms with van der Waals surface area (Å²) in [5, 5.41) is 3.50. The Morgan fingerprint density at radius 3 is 2.75 bits per heavy atom. The van der Waals surface area contributed by atoms with Gasteiger partial charge in [0.25, 0.3) is 0 Å². The second kappa shape index (κ2) is 7.84. The van der Waals surface area contributed by atoms with Crippen LogP contribution in [0.5, 0.6) is 0 Å². The van der Waals surface area contributed by atoms with Crippen molar-refractivity contribution in [1.29, 1.82) is 0 Å². The minimum atomic E-state index is -0.498. The quantitative estimate of drug-likeness (QED) is 0.900. The molecule has 1 aliphatic heterocycles. The van der Waals surface area contributed by atoms with Gasteiger partial charge in [-0.25, -0.2) is 0 Å². The maximum atomic E-state index is 12.2. The lowest BCUT2D eigenvalue weighted by atomic mass is 9.92. The fourth-order valence-corrected chi connectivity index (χ4v) is 2.42. The molecule has 1 aliphatic rings. The molecule has 1 aromatic rings. The Bertz CT molecular complexity index is 462.